The number of carbonyl (C=O) groups is 3. The molecule has 18 N–H and O–H groups in total. The molecule has 0 heterocycles. The number of carboxylic acids is 3. The number of unbranched alkanes of at least 4 members (excludes halogenated alkanes) is 1. The molecular weight excluding hydrogens is 791 g/mol. The van der Waals surface area contributed by atoms with Crippen LogP contribution in [0.15, 0.2) is 0 Å². The molecule has 0 rings (SSSR count). The Morgan fingerprint density at radius 2 is 0.700 bits per heavy atom. The first-order chi connectivity index (χ1) is 22.8. The fourth-order valence-electron chi connectivity index (χ4n) is 3.47. The van der Waals surface area contributed by atoms with Crippen LogP contribution in [-0.2, 0) is 14.4 Å². The summed E-state index contributed by atoms with van der Waals surface area (Å²) in [7, 11) is 0. The Morgan fingerprint density at radius 1 is 0.500 bits per heavy atom. The minimum absolute atomic E-state index is 0.349. The zero-order valence-electron chi connectivity index (χ0n) is 28.4. The molecule has 12 unspecified atom stereocenters. The van der Waals surface area contributed by atoms with E-state index in [1.807, 2.05) is 0 Å². The molecule has 12 atom stereocenters. The summed E-state index contributed by atoms with van der Waals surface area (Å²) in [6.07, 6.45) is -15.4. The van der Waals surface area contributed by atoms with Crippen molar-refractivity contribution in [2.45, 2.75) is 136 Å². The van der Waals surface area contributed by atoms with Crippen molar-refractivity contribution in [3.05, 3.63) is 0 Å². The van der Waals surface area contributed by atoms with E-state index in [1.165, 1.54) is 60.6 Å². The monoisotopic (exact) mass is 850 g/mol. The third-order valence-corrected chi connectivity index (χ3v) is 8.63. The Labute approximate surface area is 302 Å². The molecule has 21 nitrogen and oxygen atoms in total. The van der Waals surface area contributed by atoms with E-state index >= 15 is 0 Å². The van der Waals surface area contributed by atoms with E-state index in [-0.39, 0.29) is 19.3 Å². The molecule has 0 aromatic carbocycles. The Kier molecular flexibility index (Phi) is 30.2. The molecule has 0 spiro atoms. The van der Waals surface area contributed by atoms with E-state index in [1.54, 1.807) is 0 Å². The molecule has 0 aromatic rings. The van der Waals surface area contributed by atoms with E-state index in [2.05, 4.69) is 6.92 Å². The number of aliphatic carboxylic acids is 3. The first-order valence-electron chi connectivity index (χ1n) is 15.4. The maximum atomic E-state index is 10.6. The van der Waals surface area contributed by atoms with Crippen LogP contribution in [0.1, 0.15) is 59.8 Å². The number of rotatable bonds is 20. The number of hydrogen-bond acceptors (Lipinski definition) is 18. The molecule has 50 heavy (non-hydrogen) atoms. The van der Waals surface area contributed by atoms with E-state index in [4.69, 9.17) is 46.0 Å². The molecule has 0 aromatic heterocycles. The molecular formula is C28H58O21Sn. The normalized spacial score (nSPS) is 20.2. The number of aliphatic hydroxyl groups is 15. The number of aliphatic hydroxyl groups excluding tert-OH is 12. The molecule has 0 bridgehead atoms. The van der Waals surface area contributed by atoms with E-state index in [9.17, 15) is 60.3 Å². The van der Waals surface area contributed by atoms with E-state index in [0.717, 1.165) is 0 Å². The van der Waals surface area contributed by atoms with Gasteiger partial charge in [0.1, 0.15) is 54.9 Å². The van der Waals surface area contributed by atoms with Crippen LogP contribution in [0.4, 0.5) is 0 Å². The van der Waals surface area contributed by atoms with Crippen molar-refractivity contribution < 1.29 is 106 Å². The molecule has 22 heteroatoms. The molecule has 0 saturated heterocycles. The van der Waals surface area contributed by atoms with Crippen molar-refractivity contribution in [1.82, 2.24) is 0 Å². The third-order valence-electron chi connectivity index (χ3n) is 7.47. The second-order valence-electron chi connectivity index (χ2n) is 10.9. The van der Waals surface area contributed by atoms with E-state index in [0.29, 0.717) is 0 Å². The average Bonchev–Trinajstić information content (AvgIpc) is 3.11. The van der Waals surface area contributed by atoms with Gasteiger partial charge in [-0.25, -0.2) is 14.4 Å². The van der Waals surface area contributed by atoms with Gasteiger partial charge in [-0.1, -0.05) is 20.8 Å². The van der Waals surface area contributed by atoms with Crippen LogP contribution in [0.2, 0.25) is 4.44 Å². The van der Waals surface area contributed by atoms with Gasteiger partial charge < -0.3 is 91.9 Å². The summed E-state index contributed by atoms with van der Waals surface area (Å²) in [5.41, 5.74) is -7.64. The first-order valence-corrected chi connectivity index (χ1v) is 17.7. The van der Waals surface area contributed by atoms with Crippen LogP contribution in [-0.4, -0.2) is 224 Å². The summed E-state index contributed by atoms with van der Waals surface area (Å²) in [5.74, 6) is -5.12. The molecule has 0 saturated carbocycles. The molecule has 0 aliphatic heterocycles. The van der Waals surface area contributed by atoms with Crippen LogP contribution in [0, 0.1) is 0 Å². The fourth-order valence-corrected chi connectivity index (χ4v) is 4.63. The standard InChI is InChI=1S/3C8H16O7.C4H9.Sn.H/c3*1-2-8(15,7(13)14)6(12)5(11)4(10)3-9;1-3-4-2;;/h3*4-6,9-12,15H,2-3H2,1H3,(H,13,14);1,3-4H2,2H3;;. The van der Waals surface area contributed by atoms with Gasteiger partial charge in [-0.2, -0.15) is 0 Å². The molecule has 0 amide bonds. The van der Waals surface area contributed by atoms with Gasteiger partial charge in [0.05, 0.1) is 19.8 Å². The quantitative estimate of drug-likeness (QED) is 0.0506. The number of carboxylic acid groups (broad SMARTS) is 3. The SMILES string of the molecule is CCC(O)(C(=O)O)C(O)C(O)C(O)CO.CCC(O)(C(=O)O)C(O)C(O)C(O)CO.CCC(O)(C(=O)O)C(O)C(O)C(O)CO.CCC[CH2][SnH]. The Bertz CT molecular complexity index is 820. The minimum atomic E-state index is -2.55. The second-order valence-corrected chi connectivity index (χ2v) is 12.6. The summed E-state index contributed by atoms with van der Waals surface area (Å²) in [6.45, 7) is 3.59. The second kappa shape index (κ2) is 27.2. The molecule has 2 radical (unpaired) electrons. The number of hydrogen-bond donors (Lipinski definition) is 18. The zero-order valence-corrected chi connectivity index (χ0v) is 31.7. The molecule has 0 fully saturated rings. The molecule has 0 aliphatic carbocycles. The van der Waals surface area contributed by atoms with Crippen LogP contribution < -0.4 is 0 Å². The van der Waals surface area contributed by atoms with Crippen molar-refractivity contribution in [2.75, 3.05) is 19.8 Å². The van der Waals surface area contributed by atoms with Gasteiger partial charge in [0, 0.05) is 0 Å². The van der Waals surface area contributed by atoms with E-state index < -0.39 is 109 Å². The third kappa shape index (κ3) is 17.0. The summed E-state index contributed by atoms with van der Waals surface area (Å²) in [6, 6.07) is 0. The van der Waals surface area contributed by atoms with Crippen molar-refractivity contribution in [3.8, 4) is 0 Å². The van der Waals surface area contributed by atoms with Gasteiger partial charge in [-0.05, 0) is 19.3 Å². The molecule has 300 valence electrons. The average molecular weight is 849 g/mol. The summed E-state index contributed by atoms with van der Waals surface area (Å²) in [5, 5.41) is 162. The Balaban J connectivity index is -0.000000296. The summed E-state index contributed by atoms with van der Waals surface area (Å²) in [4.78, 5) is 31.9. The topological polar surface area (TPSA) is 415 Å². The fraction of sp³-hybridized carbons (Fsp3) is 0.893. The van der Waals surface area contributed by atoms with Crippen LogP contribution in [0.25, 0.3) is 0 Å². The van der Waals surface area contributed by atoms with Crippen molar-refractivity contribution >= 4 is 40.4 Å². The van der Waals surface area contributed by atoms with Crippen molar-refractivity contribution in [1.29, 1.82) is 0 Å². The zero-order chi connectivity index (χ0) is 40.8. The Hall–Kier alpha value is -1.39. The van der Waals surface area contributed by atoms with Gasteiger partial charge in [0.25, 0.3) is 0 Å². The van der Waals surface area contributed by atoms with Crippen LogP contribution >= 0.6 is 0 Å². The maximum absolute atomic E-state index is 10.6. The van der Waals surface area contributed by atoms with Crippen molar-refractivity contribution in [3.63, 3.8) is 0 Å². The van der Waals surface area contributed by atoms with Gasteiger partial charge in [0.15, 0.2) is 16.8 Å². The van der Waals surface area contributed by atoms with Crippen LogP contribution in [0.3, 0.4) is 0 Å². The summed E-state index contributed by atoms with van der Waals surface area (Å²) >= 11 is 1.45. The van der Waals surface area contributed by atoms with Gasteiger partial charge >= 0.3 is 64.6 Å². The van der Waals surface area contributed by atoms with Gasteiger partial charge in [0.2, 0.25) is 0 Å². The Morgan fingerprint density at radius 3 is 0.780 bits per heavy atom. The van der Waals surface area contributed by atoms with Crippen LogP contribution in [0.5, 0.6) is 0 Å². The van der Waals surface area contributed by atoms with Crippen molar-refractivity contribution in [2.24, 2.45) is 0 Å². The van der Waals surface area contributed by atoms with Gasteiger partial charge in [-0.3, -0.25) is 0 Å². The van der Waals surface area contributed by atoms with Gasteiger partial charge in [-0.15, -0.1) is 0 Å². The predicted octanol–water partition coefficient (Wildman–Crippen LogP) is -7.03. The summed E-state index contributed by atoms with van der Waals surface area (Å²) < 4.78 is 1.47. The predicted molar refractivity (Wildman–Crippen MR) is 171 cm³/mol. The molecule has 0 aliphatic rings. The first kappa shape index (κ1) is 55.4.